The highest BCUT2D eigenvalue weighted by atomic mass is 16.3. The Morgan fingerprint density at radius 3 is 1.66 bits per heavy atom. The van der Waals surface area contributed by atoms with Gasteiger partial charge in [0.1, 0.15) is 22.3 Å². The normalized spacial score (nSPS) is 11.5. The van der Waals surface area contributed by atoms with Crippen molar-refractivity contribution in [2.24, 2.45) is 0 Å². The molecule has 0 bridgehead atoms. The van der Waals surface area contributed by atoms with Gasteiger partial charge in [0.05, 0.1) is 0 Å². The molecule has 2 heterocycles. The van der Waals surface area contributed by atoms with Crippen molar-refractivity contribution in [3.63, 3.8) is 0 Å². The number of para-hydroxylation sites is 2. The Morgan fingerprint density at radius 2 is 0.987 bits per heavy atom. The van der Waals surface area contributed by atoms with Crippen molar-refractivity contribution in [3.05, 3.63) is 232 Å². The van der Waals surface area contributed by atoms with Crippen LogP contribution in [0.5, 0.6) is 0 Å². The van der Waals surface area contributed by atoms with Gasteiger partial charge in [0.15, 0.2) is 0 Å². The van der Waals surface area contributed by atoms with Gasteiger partial charge < -0.3 is 8.83 Å². The third-order valence-electron chi connectivity index (χ3n) is 14.6. The van der Waals surface area contributed by atoms with Gasteiger partial charge in [-0.3, -0.25) is 0 Å². The van der Waals surface area contributed by atoms with Gasteiger partial charge in [-0.25, -0.2) is 0 Å². The smallest absolute Gasteiger partial charge is 0.136 e. The first-order chi connectivity index (χ1) is 37.0. The van der Waals surface area contributed by atoms with E-state index in [0.717, 1.165) is 34.1 Å². The first-order valence-electron chi connectivity index (χ1n) is 27.5. The average molecular weight is 999 g/mol. The zero-order chi connectivity index (χ0) is 54.6. The molecule has 386 valence electrons. The fourth-order valence-electron chi connectivity index (χ4n) is 10.5. The van der Waals surface area contributed by atoms with Gasteiger partial charge >= 0.3 is 0 Å². The van der Waals surface area contributed by atoms with Crippen molar-refractivity contribution in [1.29, 1.82) is 0 Å². The molecule has 2 heteroatoms. The molecule has 76 heavy (non-hydrogen) atoms. The van der Waals surface area contributed by atoms with Crippen molar-refractivity contribution >= 4 is 72.9 Å². The molecule has 11 aromatic rings. The molecule has 2 aromatic heterocycles. The van der Waals surface area contributed by atoms with E-state index in [2.05, 4.69) is 228 Å². The topological polar surface area (TPSA) is 26.3 Å². The summed E-state index contributed by atoms with van der Waals surface area (Å²) in [5, 5.41) is 7.39. The number of hydrogen-bond acceptors (Lipinski definition) is 2. The van der Waals surface area contributed by atoms with Crippen LogP contribution in [-0.2, 0) is 0 Å². The summed E-state index contributed by atoms with van der Waals surface area (Å²) in [4.78, 5) is 0. The van der Waals surface area contributed by atoms with Gasteiger partial charge in [0, 0.05) is 21.5 Å². The number of fused-ring (bicyclic) bond motifs is 7. The molecule has 0 aliphatic carbocycles. The SMILES string of the molecule is C=Cc1c(C)c(/C=C\C)c2cc(C(C)CC)ccc2c1/C=C\C.CC.CC.Cc1ccc2c(c1)oc1ccccc12.Cc1ccccc1-c1c(C)ccc(C)c1-c1cc(-c2cccc3oc4ccccc4c23)ccc1C. The molecule has 1 atom stereocenters. The van der Waals surface area contributed by atoms with Crippen molar-refractivity contribution in [2.45, 2.75) is 109 Å². The van der Waals surface area contributed by atoms with Crippen molar-refractivity contribution in [2.75, 3.05) is 0 Å². The Hall–Kier alpha value is -7.94. The number of aryl methyl sites for hydroxylation is 5. The standard InChI is InChI=1S/C34H28O.C23H28.C13H10O.2C2H6/c1-21-10-5-6-11-26(21)32-23(3)16-17-24(4)33(32)29-20-25(19-18-22(29)2)27-13-9-15-31-34(27)28-12-7-8-14-30(28)35-31;1-7-11-20-17(6)19(10-4)21(12-8-2)22-14-13-18(15-23(20)22)16(5)9-3;1-9-6-7-11-10-4-2-3-5-12(10)14-13(11)8-9;2*1-2/h5-20H,1-4H3;7-8,10-16H,4,9H2,1-3,5-6H3;2-8H,1H3;2*1-2H3/b;11-7-,12-8-;;;. The van der Waals surface area contributed by atoms with Gasteiger partial charge in [-0.2, -0.15) is 0 Å². The molecule has 0 aliphatic heterocycles. The van der Waals surface area contributed by atoms with Crippen LogP contribution in [0.15, 0.2) is 185 Å². The lowest BCUT2D eigenvalue weighted by Gasteiger charge is -2.20. The molecule has 11 rings (SSSR count). The summed E-state index contributed by atoms with van der Waals surface area (Å²) in [7, 11) is 0. The van der Waals surface area contributed by atoms with Crippen LogP contribution in [0.25, 0.3) is 106 Å². The van der Waals surface area contributed by atoms with E-state index in [4.69, 9.17) is 8.83 Å². The first kappa shape index (κ1) is 55.8. The minimum absolute atomic E-state index is 0.586. The van der Waals surface area contributed by atoms with Gasteiger partial charge in [0.2, 0.25) is 0 Å². The van der Waals surface area contributed by atoms with Crippen LogP contribution in [0, 0.1) is 41.5 Å². The minimum atomic E-state index is 0.586. The number of rotatable bonds is 8. The monoisotopic (exact) mass is 999 g/mol. The Kier molecular flexibility index (Phi) is 18.7. The Bertz CT molecular complexity index is 3860. The third-order valence-corrected chi connectivity index (χ3v) is 14.6. The fourth-order valence-corrected chi connectivity index (χ4v) is 10.5. The lowest BCUT2D eigenvalue weighted by atomic mass is 9.84. The summed E-state index contributed by atoms with van der Waals surface area (Å²) in [6, 6.07) is 56.2. The molecule has 2 nitrogen and oxygen atoms in total. The predicted octanol–water partition coefficient (Wildman–Crippen LogP) is 23.1. The molecule has 9 aromatic carbocycles. The lowest BCUT2D eigenvalue weighted by Crippen LogP contribution is -1.97. The molecule has 0 spiro atoms. The Balaban J connectivity index is 0.000000176. The number of benzene rings is 9. The lowest BCUT2D eigenvalue weighted by molar-refractivity contribution is 0.668. The van der Waals surface area contributed by atoms with Crippen LogP contribution in [0.2, 0.25) is 0 Å². The highest BCUT2D eigenvalue weighted by Gasteiger charge is 2.19. The second kappa shape index (κ2) is 25.5. The molecular weight excluding hydrogens is 921 g/mol. The molecule has 0 radical (unpaired) electrons. The van der Waals surface area contributed by atoms with Gasteiger partial charge in [-0.15, -0.1) is 0 Å². The Morgan fingerprint density at radius 1 is 0.447 bits per heavy atom. The maximum atomic E-state index is 6.18. The van der Waals surface area contributed by atoms with E-state index in [1.165, 1.54) is 116 Å². The molecule has 0 fully saturated rings. The van der Waals surface area contributed by atoms with E-state index in [0.29, 0.717) is 5.92 Å². The van der Waals surface area contributed by atoms with E-state index in [1.54, 1.807) is 0 Å². The molecule has 0 aliphatic rings. The molecule has 0 saturated heterocycles. The van der Waals surface area contributed by atoms with E-state index in [1.807, 2.05) is 64.1 Å². The van der Waals surface area contributed by atoms with Crippen LogP contribution in [0.4, 0.5) is 0 Å². The highest BCUT2D eigenvalue weighted by Crippen LogP contribution is 2.43. The number of hydrogen-bond donors (Lipinski definition) is 0. The largest absolute Gasteiger partial charge is 0.456 e. The minimum Gasteiger partial charge on any atom is -0.456 e. The third kappa shape index (κ3) is 11.3. The van der Waals surface area contributed by atoms with E-state index < -0.39 is 0 Å². The first-order valence-corrected chi connectivity index (χ1v) is 27.5. The van der Waals surface area contributed by atoms with Crippen LogP contribution >= 0.6 is 0 Å². The summed E-state index contributed by atoms with van der Waals surface area (Å²) >= 11 is 0. The number of allylic oxidation sites excluding steroid dienone is 2. The second-order valence-electron chi connectivity index (χ2n) is 19.4. The molecule has 0 N–H and O–H groups in total. The summed E-state index contributed by atoms with van der Waals surface area (Å²) in [5.74, 6) is 0.586. The highest BCUT2D eigenvalue weighted by molar-refractivity contribution is 6.13. The van der Waals surface area contributed by atoms with Crippen molar-refractivity contribution < 1.29 is 8.83 Å². The van der Waals surface area contributed by atoms with Crippen LogP contribution in [0.3, 0.4) is 0 Å². The average Bonchev–Trinajstić information content (AvgIpc) is 4.05. The van der Waals surface area contributed by atoms with E-state index in [-0.39, 0.29) is 0 Å². The quantitative estimate of drug-likeness (QED) is 0.152. The Labute approximate surface area is 454 Å². The summed E-state index contributed by atoms with van der Waals surface area (Å²) in [6.07, 6.45) is 11.8. The maximum absolute atomic E-state index is 6.18. The second-order valence-corrected chi connectivity index (χ2v) is 19.4. The van der Waals surface area contributed by atoms with Gasteiger partial charge in [-0.1, -0.05) is 206 Å². The zero-order valence-corrected chi connectivity index (χ0v) is 47.7. The molecular formula is C74H78O2. The van der Waals surface area contributed by atoms with Gasteiger partial charge in [-0.05, 0) is 198 Å². The predicted molar refractivity (Wildman–Crippen MR) is 337 cm³/mol. The maximum Gasteiger partial charge on any atom is 0.136 e. The summed E-state index contributed by atoms with van der Waals surface area (Å²) < 4.78 is 11.9. The molecule has 0 amide bonds. The van der Waals surface area contributed by atoms with E-state index >= 15 is 0 Å². The zero-order valence-electron chi connectivity index (χ0n) is 47.7. The molecule has 1 unspecified atom stereocenters. The van der Waals surface area contributed by atoms with Crippen LogP contribution < -0.4 is 0 Å². The van der Waals surface area contributed by atoms with E-state index in [9.17, 15) is 0 Å². The summed E-state index contributed by atoms with van der Waals surface area (Å²) in [5.41, 5.74) is 24.4. The van der Waals surface area contributed by atoms with Crippen molar-refractivity contribution in [1.82, 2.24) is 0 Å². The van der Waals surface area contributed by atoms with Gasteiger partial charge in [0.25, 0.3) is 0 Å². The van der Waals surface area contributed by atoms with Crippen LogP contribution in [-0.4, -0.2) is 0 Å². The molecule has 0 saturated carbocycles. The van der Waals surface area contributed by atoms with Crippen molar-refractivity contribution in [3.8, 4) is 33.4 Å². The van der Waals surface area contributed by atoms with Crippen LogP contribution in [0.1, 0.15) is 123 Å². The summed E-state index contributed by atoms with van der Waals surface area (Å²) in [6.45, 7) is 33.9. The number of furan rings is 2. The fraction of sp³-hybridized carbons (Fsp3) is 0.216.